The molecule has 0 atom stereocenters. The fourth-order valence-corrected chi connectivity index (χ4v) is 3.92. The first-order chi connectivity index (χ1) is 11.4. The number of hydrogen-bond acceptors (Lipinski definition) is 3. The number of hydrogen-bond donors (Lipinski definition) is 0. The van der Waals surface area contributed by atoms with E-state index in [9.17, 15) is 21.6 Å². The molecule has 0 aliphatic carbocycles. The molecule has 2 aromatic carbocycles. The van der Waals surface area contributed by atoms with Gasteiger partial charge in [0.15, 0.2) is 0 Å². The normalized spacial score (nSPS) is 16.1. The number of ether oxygens (including phenoxy) is 1. The predicted octanol–water partition coefficient (Wildman–Crippen LogP) is 2.69. The van der Waals surface area contributed by atoms with Crippen molar-refractivity contribution in [2.24, 2.45) is 0 Å². The topological polar surface area (TPSA) is 46.6 Å². The van der Waals surface area contributed by atoms with Crippen molar-refractivity contribution in [3.05, 3.63) is 65.5 Å². The van der Waals surface area contributed by atoms with Gasteiger partial charge in [0.2, 0.25) is 10.0 Å². The molecule has 24 heavy (non-hydrogen) atoms. The Labute approximate surface area is 137 Å². The van der Waals surface area contributed by atoms with Crippen molar-refractivity contribution in [1.29, 1.82) is 0 Å². The van der Waals surface area contributed by atoms with Gasteiger partial charge in [0.1, 0.15) is 22.3 Å². The minimum absolute atomic E-state index is 0.0640. The number of nitrogens with zero attached hydrogens (tertiary/aromatic N) is 1. The van der Waals surface area contributed by atoms with Crippen molar-refractivity contribution in [2.75, 3.05) is 13.1 Å². The van der Waals surface area contributed by atoms with Crippen molar-refractivity contribution in [3.8, 4) is 0 Å². The summed E-state index contributed by atoms with van der Waals surface area (Å²) in [5, 5.41) is 0. The maximum absolute atomic E-state index is 13.7. The standard InChI is InChI=1S/C16H14F3NO3S/c17-12-3-1-2-11(6-12)10-23-14-8-20(9-14)24(21,22)16-5-4-13(18)7-15(16)19/h1-7,14H,8-10H2. The van der Waals surface area contributed by atoms with Gasteiger partial charge in [-0.25, -0.2) is 21.6 Å². The summed E-state index contributed by atoms with van der Waals surface area (Å²) in [6.45, 7) is 0.282. The van der Waals surface area contributed by atoms with Gasteiger partial charge in [0, 0.05) is 19.2 Å². The van der Waals surface area contributed by atoms with Gasteiger partial charge in [0.05, 0.1) is 12.7 Å². The van der Waals surface area contributed by atoms with Gasteiger partial charge in [-0.1, -0.05) is 12.1 Å². The van der Waals surface area contributed by atoms with Gasteiger partial charge >= 0.3 is 0 Å². The lowest BCUT2D eigenvalue weighted by atomic mass is 10.2. The van der Waals surface area contributed by atoms with Crippen LogP contribution in [-0.2, 0) is 21.4 Å². The Morgan fingerprint density at radius 1 is 1.04 bits per heavy atom. The van der Waals surface area contributed by atoms with Gasteiger partial charge in [-0.3, -0.25) is 0 Å². The predicted molar refractivity (Wildman–Crippen MR) is 80.1 cm³/mol. The van der Waals surface area contributed by atoms with Gasteiger partial charge in [-0.05, 0) is 29.8 Å². The first-order valence-electron chi connectivity index (χ1n) is 7.17. The fraction of sp³-hybridized carbons (Fsp3) is 0.250. The third-order valence-corrected chi connectivity index (χ3v) is 5.57. The molecule has 0 aromatic heterocycles. The molecule has 1 fully saturated rings. The SMILES string of the molecule is O=S(=O)(c1ccc(F)cc1F)N1CC(OCc2cccc(F)c2)C1. The van der Waals surface area contributed by atoms with Crippen LogP contribution in [0.2, 0.25) is 0 Å². The molecule has 0 bridgehead atoms. The maximum Gasteiger partial charge on any atom is 0.246 e. The van der Waals surface area contributed by atoms with E-state index in [1.165, 1.54) is 12.1 Å². The summed E-state index contributed by atoms with van der Waals surface area (Å²) in [4.78, 5) is -0.563. The van der Waals surface area contributed by atoms with Gasteiger partial charge in [-0.2, -0.15) is 4.31 Å². The van der Waals surface area contributed by atoms with E-state index in [0.29, 0.717) is 11.6 Å². The summed E-state index contributed by atoms with van der Waals surface area (Å²) in [5.41, 5.74) is 0.640. The number of sulfonamides is 1. The van der Waals surface area contributed by atoms with Crippen molar-refractivity contribution in [3.63, 3.8) is 0 Å². The minimum Gasteiger partial charge on any atom is -0.371 e. The average molecular weight is 357 g/mol. The average Bonchev–Trinajstić information content (AvgIpc) is 2.45. The molecule has 0 unspecified atom stereocenters. The molecular weight excluding hydrogens is 343 g/mol. The third-order valence-electron chi connectivity index (χ3n) is 3.70. The van der Waals surface area contributed by atoms with Crippen molar-refractivity contribution >= 4 is 10.0 Å². The molecule has 0 radical (unpaired) electrons. The van der Waals surface area contributed by atoms with E-state index in [1.807, 2.05) is 0 Å². The van der Waals surface area contributed by atoms with Crippen molar-refractivity contribution < 1.29 is 26.3 Å². The molecule has 8 heteroatoms. The van der Waals surface area contributed by atoms with Crippen LogP contribution in [0.3, 0.4) is 0 Å². The molecule has 1 saturated heterocycles. The van der Waals surface area contributed by atoms with Crippen LogP contribution >= 0.6 is 0 Å². The first kappa shape index (κ1) is 16.9. The van der Waals surface area contributed by atoms with Crippen LogP contribution in [-0.4, -0.2) is 31.9 Å². The summed E-state index contributed by atoms with van der Waals surface area (Å²) in [5.74, 6) is -2.34. The minimum atomic E-state index is -4.02. The first-order valence-corrected chi connectivity index (χ1v) is 8.61. The Bertz CT molecular complexity index is 851. The van der Waals surface area contributed by atoms with E-state index in [4.69, 9.17) is 4.74 Å². The Morgan fingerprint density at radius 3 is 2.42 bits per heavy atom. The van der Waals surface area contributed by atoms with Gasteiger partial charge in [0.25, 0.3) is 0 Å². The molecule has 0 spiro atoms. The second kappa shape index (κ2) is 6.54. The van der Waals surface area contributed by atoms with E-state index in [-0.39, 0.29) is 31.6 Å². The van der Waals surface area contributed by atoms with E-state index in [1.54, 1.807) is 12.1 Å². The molecule has 3 rings (SSSR count). The number of halogens is 3. The van der Waals surface area contributed by atoms with E-state index >= 15 is 0 Å². The third kappa shape index (κ3) is 3.45. The van der Waals surface area contributed by atoms with Crippen molar-refractivity contribution in [1.82, 2.24) is 4.31 Å². The van der Waals surface area contributed by atoms with Crippen LogP contribution < -0.4 is 0 Å². The maximum atomic E-state index is 13.7. The summed E-state index contributed by atoms with van der Waals surface area (Å²) < 4.78 is 70.7. The summed E-state index contributed by atoms with van der Waals surface area (Å²) in [6, 6.07) is 8.24. The molecule has 1 aliphatic rings. The molecule has 128 valence electrons. The molecule has 1 heterocycles. The van der Waals surface area contributed by atoms with Crippen LogP contribution in [0.25, 0.3) is 0 Å². The molecule has 4 nitrogen and oxygen atoms in total. The highest BCUT2D eigenvalue weighted by atomic mass is 32.2. The van der Waals surface area contributed by atoms with Gasteiger partial charge < -0.3 is 4.74 Å². The lowest BCUT2D eigenvalue weighted by Crippen LogP contribution is -2.54. The Morgan fingerprint density at radius 2 is 1.75 bits per heavy atom. The molecule has 2 aromatic rings. The van der Waals surface area contributed by atoms with E-state index in [0.717, 1.165) is 16.4 Å². The molecule has 0 saturated carbocycles. The molecule has 0 amide bonds. The number of rotatable bonds is 5. The highest BCUT2D eigenvalue weighted by Crippen LogP contribution is 2.26. The summed E-state index contributed by atoms with van der Waals surface area (Å²) in [6.07, 6.45) is -0.355. The van der Waals surface area contributed by atoms with Crippen LogP contribution in [0.5, 0.6) is 0 Å². The molecular formula is C16H14F3NO3S. The van der Waals surface area contributed by atoms with Crippen molar-refractivity contribution in [2.45, 2.75) is 17.6 Å². The van der Waals surface area contributed by atoms with Crippen LogP contribution in [0, 0.1) is 17.5 Å². The Kier molecular flexibility index (Phi) is 4.62. The Balaban J connectivity index is 1.59. The smallest absolute Gasteiger partial charge is 0.246 e. The van der Waals surface area contributed by atoms with Gasteiger partial charge in [-0.15, -0.1) is 0 Å². The second-order valence-electron chi connectivity index (χ2n) is 5.46. The summed E-state index contributed by atoms with van der Waals surface area (Å²) in [7, 11) is -4.02. The largest absolute Gasteiger partial charge is 0.371 e. The van der Waals surface area contributed by atoms with Crippen LogP contribution in [0.1, 0.15) is 5.56 Å². The van der Waals surface area contributed by atoms with E-state index in [2.05, 4.69) is 0 Å². The highest BCUT2D eigenvalue weighted by Gasteiger charge is 2.38. The fourth-order valence-electron chi connectivity index (χ4n) is 2.37. The van der Waals surface area contributed by atoms with Crippen LogP contribution in [0.15, 0.2) is 47.4 Å². The lowest BCUT2D eigenvalue weighted by molar-refractivity contribution is -0.0297. The lowest BCUT2D eigenvalue weighted by Gasteiger charge is -2.37. The quantitative estimate of drug-likeness (QED) is 0.827. The number of benzene rings is 2. The zero-order valence-electron chi connectivity index (χ0n) is 12.5. The molecule has 1 aliphatic heterocycles. The van der Waals surface area contributed by atoms with Crippen LogP contribution in [0.4, 0.5) is 13.2 Å². The molecule has 0 N–H and O–H groups in total. The zero-order valence-corrected chi connectivity index (χ0v) is 13.3. The highest BCUT2D eigenvalue weighted by molar-refractivity contribution is 7.89. The summed E-state index contributed by atoms with van der Waals surface area (Å²) >= 11 is 0. The second-order valence-corrected chi connectivity index (χ2v) is 7.37. The zero-order chi connectivity index (χ0) is 17.3. The Hall–Kier alpha value is -1.90. The van der Waals surface area contributed by atoms with E-state index < -0.39 is 26.6 Å². The monoisotopic (exact) mass is 357 g/mol.